The van der Waals surface area contributed by atoms with Gasteiger partial charge >= 0.3 is 0 Å². The molecule has 2 aromatic carbocycles. The van der Waals surface area contributed by atoms with Gasteiger partial charge in [0.2, 0.25) is 0 Å². The first-order valence-corrected chi connectivity index (χ1v) is 7.95. The molecule has 0 aliphatic rings. The van der Waals surface area contributed by atoms with Gasteiger partial charge in [-0.15, -0.1) is 0 Å². The predicted molar refractivity (Wildman–Crippen MR) is 92.2 cm³/mol. The maximum Gasteiger partial charge on any atom is 0.119 e. The van der Waals surface area contributed by atoms with Crippen LogP contribution in [0.3, 0.4) is 0 Å². The number of hydrogen-bond donors (Lipinski definition) is 2. The van der Waals surface area contributed by atoms with Crippen LogP contribution in [0.5, 0.6) is 5.75 Å². The molecule has 0 aliphatic carbocycles. The summed E-state index contributed by atoms with van der Waals surface area (Å²) in [5.41, 5.74) is 7.97. The zero-order valence-corrected chi connectivity index (χ0v) is 14.1. The van der Waals surface area contributed by atoms with Gasteiger partial charge in [-0.05, 0) is 58.7 Å². The van der Waals surface area contributed by atoms with E-state index in [1.165, 1.54) is 0 Å². The van der Waals surface area contributed by atoms with Crippen LogP contribution in [0.25, 0.3) is 0 Å². The van der Waals surface area contributed by atoms with E-state index in [2.05, 4.69) is 21.2 Å². The molecule has 0 spiro atoms. The summed E-state index contributed by atoms with van der Waals surface area (Å²) in [7, 11) is 0. The van der Waals surface area contributed by atoms with E-state index < -0.39 is 0 Å². The van der Waals surface area contributed by atoms with Crippen LogP contribution in [0, 0.1) is 0 Å². The smallest absolute Gasteiger partial charge is 0.119 e. The second-order valence-electron chi connectivity index (χ2n) is 4.56. The molecule has 0 saturated carbocycles. The van der Waals surface area contributed by atoms with E-state index in [9.17, 15) is 0 Å². The van der Waals surface area contributed by atoms with Gasteiger partial charge in [0.05, 0.1) is 17.7 Å². The Kier molecular flexibility index (Phi) is 5.91. The SMILES string of the molecule is CCOc1ccc(C(CN)Nc2ccc(Cl)c(Br)c2)cc1. The van der Waals surface area contributed by atoms with Crippen LogP contribution in [0.1, 0.15) is 18.5 Å². The molecule has 1 atom stereocenters. The van der Waals surface area contributed by atoms with Gasteiger partial charge in [0, 0.05) is 16.7 Å². The van der Waals surface area contributed by atoms with Crippen molar-refractivity contribution in [1.82, 2.24) is 0 Å². The van der Waals surface area contributed by atoms with Crippen molar-refractivity contribution in [3.8, 4) is 5.75 Å². The van der Waals surface area contributed by atoms with E-state index >= 15 is 0 Å². The number of ether oxygens (including phenoxy) is 1. The minimum atomic E-state index is 0.0359. The second-order valence-corrected chi connectivity index (χ2v) is 5.83. The molecule has 21 heavy (non-hydrogen) atoms. The highest BCUT2D eigenvalue weighted by Crippen LogP contribution is 2.28. The van der Waals surface area contributed by atoms with Crippen LogP contribution in [0.4, 0.5) is 5.69 Å². The number of nitrogens with one attached hydrogen (secondary N) is 1. The van der Waals surface area contributed by atoms with E-state index in [1.807, 2.05) is 49.4 Å². The Bertz CT molecular complexity index is 589. The van der Waals surface area contributed by atoms with Gasteiger partial charge in [0.1, 0.15) is 5.75 Å². The van der Waals surface area contributed by atoms with Crippen molar-refractivity contribution in [3.05, 3.63) is 57.5 Å². The largest absolute Gasteiger partial charge is 0.494 e. The zero-order valence-electron chi connectivity index (χ0n) is 11.8. The van der Waals surface area contributed by atoms with Crippen molar-refractivity contribution >= 4 is 33.2 Å². The van der Waals surface area contributed by atoms with Crippen molar-refractivity contribution in [2.24, 2.45) is 5.73 Å². The Hall–Kier alpha value is -1.23. The Labute approximate surface area is 138 Å². The normalized spacial score (nSPS) is 12.0. The average Bonchev–Trinajstić information content (AvgIpc) is 2.50. The number of nitrogens with two attached hydrogens (primary N) is 1. The van der Waals surface area contributed by atoms with Gasteiger partial charge in [-0.1, -0.05) is 23.7 Å². The highest BCUT2D eigenvalue weighted by atomic mass is 79.9. The molecule has 2 rings (SSSR count). The molecule has 0 aromatic heterocycles. The fraction of sp³-hybridized carbons (Fsp3) is 0.250. The Morgan fingerprint density at radius 1 is 1.24 bits per heavy atom. The van der Waals surface area contributed by atoms with E-state index in [-0.39, 0.29) is 6.04 Å². The highest BCUT2D eigenvalue weighted by Gasteiger charge is 2.10. The molecule has 112 valence electrons. The van der Waals surface area contributed by atoms with Crippen LogP contribution in [0.15, 0.2) is 46.9 Å². The zero-order chi connectivity index (χ0) is 15.2. The summed E-state index contributed by atoms with van der Waals surface area (Å²) in [5, 5.41) is 4.10. The molecule has 0 bridgehead atoms. The molecule has 0 saturated heterocycles. The van der Waals surface area contributed by atoms with E-state index in [0.29, 0.717) is 18.2 Å². The Morgan fingerprint density at radius 2 is 1.95 bits per heavy atom. The van der Waals surface area contributed by atoms with Gasteiger partial charge in [0.15, 0.2) is 0 Å². The molecular formula is C16H18BrClN2O. The van der Waals surface area contributed by atoms with E-state index in [4.69, 9.17) is 22.1 Å². The molecule has 0 aliphatic heterocycles. The monoisotopic (exact) mass is 368 g/mol. The molecule has 1 unspecified atom stereocenters. The van der Waals surface area contributed by atoms with Crippen molar-refractivity contribution in [2.45, 2.75) is 13.0 Å². The standard InChI is InChI=1S/C16H18BrClN2O/c1-2-21-13-6-3-11(4-7-13)16(10-19)20-12-5-8-15(18)14(17)9-12/h3-9,16,20H,2,10,19H2,1H3. The number of rotatable bonds is 6. The van der Waals surface area contributed by atoms with Crippen molar-refractivity contribution in [1.29, 1.82) is 0 Å². The van der Waals surface area contributed by atoms with Gasteiger partial charge in [-0.25, -0.2) is 0 Å². The number of hydrogen-bond acceptors (Lipinski definition) is 3. The molecule has 0 fully saturated rings. The molecule has 5 heteroatoms. The highest BCUT2D eigenvalue weighted by molar-refractivity contribution is 9.10. The fourth-order valence-corrected chi connectivity index (χ4v) is 2.52. The Morgan fingerprint density at radius 3 is 2.52 bits per heavy atom. The topological polar surface area (TPSA) is 47.3 Å². The quantitative estimate of drug-likeness (QED) is 0.781. The minimum Gasteiger partial charge on any atom is -0.494 e. The second kappa shape index (κ2) is 7.69. The van der Waals surface area contributed by atoms with Crippen LogP contribution in [-0.4, -0.2) is 13.2 Å². The van der Waals surface area contributed by atoms with Crippen LogP contribution < -0.4 is 15.8 Å². The van der Waals surface area contributed by atoms with Crippen LogP contribution >= 0.6 is 27.5 Å². The van der Waals surface area contributed by atoms with Gasteiger partial charge in [0.25, 0.3) is 0 Å². The molecule has 3 N–H and O–H groups in total. The van der Waals surface area contributed by atoms with Crippen molar-refractivity contribution in [3.63, 3.8) is 0 Å². The molecule has 0 radical (unpaired) electrons. The lowest BCUT2D eigenvalue weighted by Crippen LogP contribution is -2.20. The Balaban J connectivity index is 2.13. The first-order chi connectivity index (χ1) is 10.1. The first kappa shape index (κ1) is 16.1. The van der Waals surface area contributed by atoms with Crippen molar-refractivity contribution in [2.75, 3.05) is 18.5 Å². The lowest BCUT2D eigenvalue weighted by molar-refractivity contribution is 0.340. The maximum atomic E-state index is 6.00. The molecule has 0 amide bonds. The third kappa shape index (κ3) is 4.37. The summed E-state index contributed by atoms with van der Waals surface area (Å²) in [6.07, 6.45) is 0. The first-order valence-electron chi connectivity index (χ1n) is 6.78. The molecule has 0 heterocycles. The summed E-state index contributed by atoms with van der Waals surface area (Å²) < 4.78 is 6.31. The summed E-state index contributed by atoms with van der Waals surface area (Å²) in [6, 6.07) is 13.7. The van der Waals surface area contributed by atoms with Crippen molar-refractivity contribution < 1.29 is 4.74 Å². The lowest BCUT2D eigenvalue weighted by atomic mass is 10.1. The molecule has 3 nitrogen and oxygen atoms in total. The molecule has 2 aromatic rings. The lowest BCUT2D eigenvalue weighted by Gasteiger charge is -2.19. The van der Waals surface area contributed by atoms with E-state index in [0.717, 1.165) is 21.5 Å². The third-order valence-corrected chi connectivity index (χ3v) is 4.30. The number of anilines is 1. The summed E-state index contributed by atoms with van der Waals surface area (Å²) in [6.45, 7) is 3.13. The summed E-state index contributed by atoms with van der Waals surface area (Å²) in [5.74, 6) is 0.867. The third-order valence-electron chi connectivity index (χ3n) is 3.09. The number of benzene rings is 2. The predicted octanol–water partition coefficient (Wildman–Crippen LogP) is 4.61. The fourth-order valence-electron chi connectivity index (χ4n) is 2.03. The molecular weight excluding hydrogens is 352 g/mol. The van der Waals surface area contributed by atoms with Gasteiger partial charge in [-0.2, -0.15) is 0 Å². The average molecular weight is 370 g/mol. The number of halogens is 2. The van der Waals surface area contributed by atoms with Gasteiger partial charge in [-0.3, -0.25) is 0 Å². The summed E-state index contributed by atoms with van der Waals surface area (Å²) in [4.78, 5) is 0. The van der Waals surface area contributed by atoms with E-state index in [1.54, 1.807) is 0 Å². The van der Waals surface area contributed by atoms with Crippen LogP contribution in [0.2, 0.25) is 5.02 Å². The maximum absolute atomic E-state index is 6.00. The van der Waals surface area contributed by atoms with Crippen LogP contribution in [-0.2, 0) is 0 Å². The summed E-state index contributed by atoms with van der Waals surface area (Å²) >= 11 is 9.42. The minimum absolute atomic E-state index is 0.0359. The van der Waals surface area contributed by atoms with Gasteiger partial charge < -0.3 is 15.8 Å².